The molecule has 0 spiro atoms. The largest absolute Gasteiger partial charge is 0.358 e. The van der Waals surface area contributed by atoms with Crippen molar-refractivity contribution in [3.8, 4) is 11.1 Å². The average molecular weight is 517 g/mol. The van der Waals surface area contributed by atoms with Gasteiger partial charge in [-0.1, -0.05) is 43.5 Å². The number of anilines is 1. The first-order valence-corrected chi connectivity index (χ1v) is 13.2. The van der Waals surface area contributed by atoms with Gasteiger partial charge in [0, 0.05) is 41.0 Å². The van der Waals surface area contributed by atoms with Crippen molar-refractivity contribution in [3.63, 3.8) is 0 Å². The van der Waals surface area contributed by atoms with Crippen LogP contribution in [0.5, 0.6) is 0 Å². The molecule has 1 fully saturated rings. The monoisotopic (exact) mass is 516 g/mol. The second-order valence-corrected chi connectivity index (χ2v) is 10.0. The van der Waals surface area contributed by atoms with Gasteiger partial charge < -0.3 is 10.3 Å². The number of aromatic amines is 1. The molecule has 5 rings (SSSR count). The van der Waals surface area contributed by atoms with E-state index in [1.807, 2.05) is 50.5 Å². The van der Waals surface area contributed by atoms with Crippen molar-refractivity contribution in [2.75, 3.05) is 12.4 Å². The fourth-order valence-corrected chi connectivity index (χ4v) is 4.84. The van der Waals surface area contributed by atoms with Crippen LogP contribution in [0, 0.1) is 11.7 Å². The Labute approximate surface area is 229 Å². The first kappa shape index (κ1) is 26.1. The summed E-state index contributed by atoms with van der Waals surface area (Å²) >= 11 is 0. The van der Waals surface area contributed by atoms with E-state index in [1.54, 1.807) is 19.2 Å². The number of hydrogen-bond acceptors (Lipinski definition) is 3. The van der Waals surface area contributed by atoms with E-state index in [2.05, 4.69) is 57.7 Å². The summed E-state index contributed by atoms with van der Waals surface area (Å²) in [6.07, 6.45) is 10.3. The zero-order valence-corrected chi connectivity index (χ0v) is 22.7. The van der Waals surface area contributed by atoms with Gasteiger partial charge in [-0.3, -0.25) is 9.98 Å². The van der Waals surface area contributed by atoms with Crippen LogP contribution in [0.25, 0.3) is 27.6 Å². The number of allylic oxidation sites excluding steroid dienone is 6. The predicted molar refractivity (Wildman–Crippen MR) is 162 cm³/mol. The van der Waals surface area contributed by atoms with Crippen molar-refractivity contribution in [2.24, 2.45) is 10.9 Å². The number of hydrogen-bond donors (Lipinski definition) is 2. The van der Waals surface area contributed by atoms with Gasteiger partial charge in [0.2, 0.25) is 0 Å². The Morgan fingerprint density at radius 2 is 1.90 bits per heavy atom. The minimum Gasteiger partial charge on any atom is -0.358 e. The van der Waals surface area contributed by atoms with E-state index >= 15 is 0 Å². The Bertz CT molecular complexity index is 1660. The third-order valence-electron chi connectivity index (χ3n) is 7.05. The Balaban J connectivity index is 1.52. The highest BCUT2D eigenvalue weighted by Gasteiger charge is 2.24. The number of aliphatic imine (C=N–C) groups is 1. The molecule has 39 heavy (non-hydrogen) atoms. The molecule has 0 unspecified atom stereocenters. The molecule has 2 N–H and O–H groups in total. The molecule has 5 heteroatoms. The lowest BCUT2D eigenvalue weighted by Gasteiger charge is -2.13. The van der Waals surface area contributed by atoms with Crippen molar-refractivity contribution in [2.45, 2.75) is 26.7 Å². The van der Waals surface area contributed by atoms with E-state index in [0.29, 0.717) is 5.92 Å². The highest BCUT2D eigenvalue weighted by atomic mass is 19.1. The van der Waals surface area contributed by atoms with Gasteiger partial charge in [0.25, 0.3) is 0 Å². The first-order chi connectivity index (χ1) is 18.9. The summed E-state index contributed by atoms with van der Waals surface area (Å²) in [5.74, 6) is 0.305. The van der Waals surface area contributed by atoms with Crippen LogP contribution in [-0.4, -0.2) is 22.7 Å². The van der Waals surface area contributed by atoms with E-state index < -0.39 is 0 Å². The molecule has 0 amide bonds. The smallest absolute Gasteiger partial charge is 0.123 e. The van der Waals surface area contributed by atoms with Crippen molar-refractivity contribution in [1.82, 2.24) is 9.97 Å². The molecule has 4 aromatic rings. The maximum atomic E-state index is 14.0. The lowest BCUT2D eigenvalue weighted by atomic mass is 9.95. The molecule has 0 bridgehead atoms. The van der Waals surface area contributed by atoms with Crippen molar-refractivity contribution >= 4 is 27.9 Å². The maximum absolute atomic E-state index is 14.0. The number of rotatable bonds is 9. The Morgan fingerprint density at radius 1 is 1.10 bits per heavy atom. The highest BCUT2D eigenvalue weighted by molar-refractivity contribution is 6.17. The summed E-state index contributed by atoms with van der Waals surface area (Å²) in [5.41, 5.74) is 10.2. The van der Waals surface area contributed by atoms with Crippen LogP contribution in [0.3, 0.4) is 0 Å². The maximum Gasteiger partial charge on any atom is 0.123 e. The van der Waals surface area contributed by atoms with Gasteiger partial charge in [0.15, 0.2) is 0 Å². The number of halogens is 1. The molecule has 2 aromatic heterocycles. The van der Waals surface area contributed by atoms with Gasteiger partial charge in [-0.2, -0.15) is 0 Å². The molecular formula is C34H33FN4. The number of nitrogens with zero attached hydrogens (tertiary/aromatic N) is 2. The number of fused-ring (bicyclic) bond motifs is 1. The van der Waals surface area contributed by atoms with Crippen LogP contribution in [0.1, 0.15) is 37.9 Å². The predicted octanol–water partition coefficient (Wildman–Crippen LogP) is 8.73. The van der Waals surface area contributed by atoms with Crippen LogP contribution < -0.4 is 5.32 Å². The standard InChI is InChI=1S/C34H33FN4/c1-6-23(26-16-28(20-37-19-26)38-22(4)24-13-14-24)17-30(21(2)3)34(36-5)33-18-31-29(11-8-12-32(31)39-33)25-9-7-10-27(35)15-25/h6-12,15-20,24,38-39H,2,4,13-14H2,1,3,5H3/b23-6+,30-17+,36-34?. The van der Waals surface area contributed by atoms with Crippen molar-refractivity contribution in [1.29, 1.82) is 0 Å². The molecule has 1 aliphatic rings. The molecule has 0 radical (unpaired) electrons. The zero-order valence-electron chi connectivity index (χ0n) is 22.7. The Kier molecular flexibility index (Phi) is 7.42. The molecule has 1 saturated carbocycles. The van der Waals surface area contributed by atoms with Gasteiger partial charge in [-0.05, 0) is 91.3 Å². The van der Waals surface area contributed by atoms with Gasteiger partial charge in [0.05, 0.1) is 23.3 Å². The van der Waals surface area contributed by atoms with E-state index in [0.717, 1.165) is 67.1 Å². The molecule has 0 atom stereocenters. The van der Waals surface area contributed by atoms with Crippen molar-refractivity contribution in [3.05, 3.63) is 126 Å². The summed E-state index contributed by atoms with van der Waals surface area (Å²) in [6.45, 7) is 12.5. The van der Waals surface area contributed by atoms with E-state index in [-0.39, 0.29) is 5.82 Å². The second kappa shape index (κ2) is 11.1. The molecule has 1 aliphatic carbocycles. The SMILES string of the molecule is C=C(C)/C(=C\C(=C/C)c1cncc(NC(=C)C2CC2)c1)C(=NC)c1cc2c(-c3cccc(F)c3)cccc2[nH]1. The fourth-order valence-electron chi connectivity index (χ4n) is 4.84. The van der Waals surface area contributed by atoms with Crippen LogP contribution in [-0.2, 0) is 0 Å². The average Bonchev–Trinajstić information content (AvgIpc) is 3.69. The van der Waals surface area contributed by atoms with Crippen LogP contribution >= 0.6 is 0 Å². The Hall–Kier alpha value is -4.51. The quantitative estimate of drug-likeness (QED) is 0.173. The minimum atomic E-state index is -0.256. The number of benzene rings is 2. The lowest BCUT2D eigenvalue weighted by Crippen LogP contribution is -2.07. The summed E-state index contributed by atoms with van der Waals surface area (Å²) in [7, 11) is 1.79. The summed E-state index contributed by atoms with van der Waals surface area (Å²) in [4.78, 5) is 12.7. The third kappa shape index (κ3) is 5.68. The number of nitrogens with one attached hydrogen (secondary N) is 2. The third-order valence-corrected chi connectivity index (χ3v) is 7.05. The van der Waals surface area contributed by atoms with Gasteiger partial charge in [0.1, 0.15) is 5.82 Å². The number of pyridine rings is 1. The normalized spacial score (nSPS) is 14.5. The molecule has 0 saturated heterocycles. The highest BCUT2D eigenvalue weighted by Crippen LogP contribution is 2.36. The molecular weight excluding hydrogens is 483 g/mol. The number of aromatic nitrogens is 2. The van der Waals surface area contributed by atoms with Crippen LogP contribution in [0.4, 0.5) is 10.1 Å². The van der Waals surface area contributed by atoms with Crippen LogP contribution in [0.2, 0.25) is 0 Å². The zero-order chi connectivity index (χ0) is 27.5. The van der Waals surface area contributed by atoms with Gasteiger partial charge >= 0.3 is 0 Å². The molecule has 196 valence electrons. The molecule has 4 nitrogen and oxygen atoms in total. The molecule has 2 heterocycles. The van der Waals surface area contributed by atoms with E-state index in [1.165, 1.54) is 18.9 Å². The topological polar surface area (TPSA) is 53.1 Å². The van der Waals surface area contributed by atoms with E-state index in [9.17, 15) is 4.39 Å². The molecule has 0 aliphatic heterocycles. The number of H-pyrrole nitrogens is 1. The van der Waals surface area contributed by atoms with Gasteiger partial charge in [-0.15, -0.1) is 0 Å². The summed E-state index contributed by atoms with van der Waals surface area (Å²) in [6, 6.07) is 16.9. The fraction of sp³-hybridized carbons (Fsp3) is 0.176. The molecule has 2 aromatic carbocycles. The summed E-state index contributed by atoms with van der Waals surface area (Å²) in [5, 5.41) is 4.43. The second-order valence-electron chi connectivity index (χ2n) is 10.0. The minimum absolute atomic E-state index is 0.256. The summed E-state index contributed by atoms with van der Waals surface area (Å²) < 4.78 is 14.0. The Morgan fingerprint density at radius 3 is 2.59 bits per heavy atom. The van der Waals surface area contributed by atoms with Gasteiger partial charge in [-0.25, -0.2) is 4.39 Å². The van der Waals surface area contributed by atoms with E-state index in [4.69, 9.17) is 0 Å². The first-order valence-electron chi connectivity index (χ1n) is 13.2. The van der Waals surface area contributed by atoms with Crippen molar-refractivity contribution < 1.29 is 4.39 Å². The lowest BCUT2D eigenvalue weighted by molar-refractivity contribution is 0.628. The van der Waals surface area contributed by atoms with Crippen LogP contribution in [0.15, 0.2) is 114 Å².